The molecule has 0 aliphatic heterocycles. The minimum Gasteiger partial charge on any atom is -0.464 e. The molecule has 6 heteroatoms. The highest BCUT2D eigenvalue weighted by Gasteiger charge is 2.17. The van der Waals surface area contributed by atoms with Crippen LogP contribution in [-0.2, 0) is 11.2 Å². The fourth-order valence-electron chi connectivity index (χ4n) is 2.52. The third kappa shape index (κ3) is 4.12. The number of esters is 1. The maximum Gasteiger partial charge on any atom is 0.356 e. The zero-order chi connectivity index (χ0) is 17.7. The van der Waals surface area contributed by atoms with E-state index in [-0.39, 0.29) is 5.69 Å². The van der Waals surface area contributed by atoms with Crippen LogP contribution in [-0.4, -0.2) is 29.6 Å². The molecule has 0 atom stereocenters. The van der Waals surface area contributed by atoms with Crippen molar-refractivity contribution < 1.29 is 9.53 Å². The lowest BCUT2D eigenvalue weighted by Crippen LogP contribution is -2.21. The van der Waals surface area contributed by atoms with Crippen LogP contribution in [0.25, 0.3) is 0 Å². The Labute approximate surface area is 151 Å². The van der Waals surface area contributed by atoms with Crippen molar-refractivity contribution in [1.82, 2.24) is 9.97 Å². The normalized spacial score (nSPS) is 10.5. The predicted octanol–water partition coefficient (Wildman–Crippen LogP) is 4.44. The van der Waals surface area contributed by atoms with Crippen LogP contribution in [0.1, 0.15) is 42.0 Å². The molecule has 0 amide bonds. The first-order valence-corrected chi connectivity index (χ1v) is 8.79. The van der Waals surface area contributed by atoms with Crippen molar-refractivity contribution in [3.63, 3.8) is 0 Å². The van der Waals surface area contributed by atoms with Gasteiger partial charge in [-0.15, -0.1) is 0 Å². The first kappa shape index (κ1) is 18.4. The van der Waals surface area contributed by atoms with Gasteiger partial charge >= 0.3 is 5.97 Å². The highest BCUT2D eigenvalue weighted by molar-refractivity contribution is 9.10. The van der Waals surface area contributed by atoms with Crippen molar-refractivity contribution in [3.05, 3.63) is 45.7 Å². The van der Waals surface area contributed by atoms with Crippen molar-refractivity contribution in [2.75, 3.05) is 18.6 Å². The molecule has 0 bridgehead atoms. The molecule has 2 aromatic rings. The van der Waals surface area contributed by atoms with Crippen LogP contribution in [0.4, 0.5) is 11.6 Å². The maximum atomic E-state index is 11.8. The van der Waals surface area contributed by atoms with Crippen molar-refractivity contribution >= 4 is 33.5 Å². The van der Waals surface area contributed by atoms with Crippen LogP contribution >= 0.6 is 15.9 Å². The third-order valence-corrected chi connectivity index (χ3v) is 4.27. The predicted molar refractivity (Wildman–Crippen MR) is 98.9 cm³/mol. The fourth-order valence-corrected chi connectivity index (χ4v) is 3.16. The minimum absolute atomic E-state index is 0.261. The van der Waals surface area contributed by atoms with E-state index in [0.717, 1.165) is 28.7 Å². The monoisotopic (exact) mass is 391 g/mol. The molecule has 1 aromatic heterocycles. The van der Waals surface area contributed by atoms with Gasteiger partial charge in [-0.25, -0.2) is 14.8 Å². The number of methoxy groups -OCH3 is 1. The molecule has 1 aromatic carbocycles. The highest BCUT2D eigenvalue weighted by atomic mass is 79.9. The standard InChI is InChI=1S/C18H22BrN3O2/c1-5-7-13-8-9-16(14(19)11-13)22(6-2)18-20-12(3)10-15(21-18)17(23)24-4/h8-11H,5-7H2,1-4H3. The largest absolute Gasteiger partial charge is 0.464 e. The van der Waals surface area contributed by atoms with E-state index in [1.165, 1.54) is 12.7 Å². The molecule has 0 unspecified atom stereocenters. The van der Waals surface area contributed by atoms with Crippen molar-refractivity contribution in [1.29, 1.82) is 0 Å². The molecular weight excluding hydrogens is 370 g/mol. The van der Waals surface area contributed by atoms with Gasteiger partial charge in [-0.1, -0.05) is 19.4 Å². The smallest absolute Gasteiger partial charge is 0.356 e. The zero-order valence-electron chi connectivity index (χ0n) is 14.5. The maximum absolute atomic E-state index is 11.8. The number of carbonyl (C=O) groups excluding carboxylic acids is 1. The second-order valence-electron chi connectivity index (χ2n) is 5.47. The summed E-state index contributed by atoms with van der Waals surface area (Å²) < 4.78 is 5.76. The summed E-state index contributed by atoms with van der Waals surface area (Å²) in [6.45, 7) is 6.70. The summed E-state index contributed by atoms with van der Waals surface area (Å²) in [6, 6.07) is 7.92. The lowest BCUT2D eigenvalue weighted by atomic mass is 10.1. The number of benzene rings is 1. The molecule has 5 nitrogen and oxygen atoms in total. The zero-order valence-corrected chi connectivity index (χ0v) is 16.1. The highest BCUT2D eigenvalue weighted by Crippen LogP contribution is 2.31. The van der Waals surface area contributed by atoms with E-state index in [9.17, 15) is 4.79 Å². The number of aromatic nitrogens is 2. The van der Waals surface area contributed by atoms with Gasteiger partial charge in [0.05, 0.1) is 12.8 Å². The minimum atomic E-state index is -0.463. The topological polar surface area (TPSA) is 55.3 Å². The van der Waals surface area contributed by atoms with Crippen LogP contribution in [0, 0.1) is 6.92 Å². The summed E-state index contributed by atoms with van der Waals surface area (Å²) in [6.07, 6.45) is 2.14. The van der Waals surface area contributed by atoms with Gasteiger partial charge in [0.2, 0.25) is 5.95 Å². The average Bonchev–Trinajstić information content (AvgIpc) is 2.56. The molecule has 0 N–H and O–H groups in total. The number of anilines is 2. The number of halogens is 1. The average molecular weight is 392 g/mol. The van der Waals surface area contributed by atoms with Crippen LogP contribution < -0.4 is 4.90 Å². The van der Waals surface area contributed by atoms with Gasteiger partial charge in [0, 0.05) is 16.7 Å². The molecule has 2 rings (SSSR count). The summed E-state index contributed by atoms with van der Waals surface area (Å²) in [5.74, 6) is 0.0250. The molecule has 0 spiro atoms. The quantitative estimate of drug-likeness (QED) is 0.680. The Hall–Kier alpha value is -1.95. The molecule has 0 aliphatic rings. The Bertz CT molecular complexity index is 734. The molecule has 0 radical (unpaired) electrons. The van der Waals surface area contributed by atoms with Crippen LogP contribution in [0.3, 0.4) is 0 Å². The number of carbonyl (C=O) groups is 1. The molecule has 1 heterocycles. The molecule has 0 fully saturated rings. The van der Waals surface area contributed by atoms with E-state index in [0.29, 0.717) is 12.5 Å². The van der Waals surface area contributed by atoms with E-state index < -0.39 is 5.97 Å². The Morgan fingerprint density at radius 3 is 2.58 bits per heavy atom. The van der Waals surface area contributed by atoms with E-state index in [1.54, 1.807) is 6.07 Å². The van der Waals surface area contributed by atoms with Crippen LogP contribution in [0.15, 0.2) is 28.7 Å². The van der Waals surface area contributed by atoms with Gasteiger partial charge in [0.15, 0.2) is 5.69 Å². The number of hydrogen-bond acceptors (Lipinski definition) is 5. The van der Waals surface area contributed by atoms with Crippen molar-refractivity contribution in [3.8, 4) is 0 Å². The lowest BCUT2D eigenvalue weighted by Gasteiger charge is -2.23. The molecule has 24 heavy (non-hydrogen) atoms. The number of ether oxygens (including phenoxy) is 1. The second-order valence-corrected chi connectivity index (χ2v) is 6.32. The Morgan fingerprint density at radius 1 is 1.25 bits per heavy atom. The number of nitrogens with zero attached hydrogens (tertiary/aromatic N) is 3. The summed E-state index contributed by atoms with van der Waals surface area (Å²) in [5.41, 5.74) is 3.23. The molecular formula is C18H22BrN3O2. The SMILES string of the molecule is CCCc1ccc(N(CC)c2nc(C)cc(C(=O)OC)n2)c(Br)c1. The van der Waals surface area contributed by atoms with E-state index >= 15 is 0 Å². The van der Waals surface area contributed by atoms with Gasteiger partial charge in [-0.3, -0.25) is 0 Å². The van der Waals surface area contributed by atoms with Crippen molar-refractivity contribution in [2.24, 2.45) is 0 Å². The Balaban J connectivity index is 2.45. The lowest BCUT2D eigenvalue weighted by molar-refractivity contribution is 0.0594. The van der Waals surface area contributed by atoms with Gasteiger partial charge in [-0.05, 0) is 60.0 Å². The van der Waals surface area contributed by atoms with Crippen LogP contribution in [0.2, 0.25) is 0 Å². The van der Waals surface area contributed by atoms with E-state index in [2.05, 4.69) is 51.0 Å². The van der Waals surface area contributed by atoms with E-state index in [4.69, 9.17) is 4.74 Å². The molecule has 0 aliphatic carbocycles. The van der Waals surface area contributed by atoms with Gasteiger partial charge in [0.1, 0.15) is 0 Å². The van der Waals surface area contributed by atoms with Gasteiger partial charge < -0.3 is 9.64 Å². The Kier molecular flexibility index (Phi) is 6.31. The Morgan fingerprint density at radius 2 is 2.00 bits per heavy atom. The summed E-state index contributed by atoms with van der Waals surface area (Å²) >= 11 is 3.65. The summed E-state index contributed by atoms with van der Waals surface area (Å²) in [5, 5.41) is 0. The fraction of sp³-hybridized carbons (Fsp3) is 0.389. The first-order chi connectivity index (χ1) is 11.5. The first-order valence-electron chi connectivity index (χ1n) is 8.00. The second kappa shape index (κ2) is 8.24. The van der Waals surface area contributed by atoms with E-state index in [1.807, 2.05) is 18.7 Å². The number of hydrogen-bond donors (Lipinski definition) is 0. The number of rotatable bonds is 6. The van der Waals surface area contributed by atoms with Gasteiger partial charge in [0.25, 0.3) is 0 Å². The summed E-state index contributed by atoms with van der Waals surface area (Å²) in [7, 11) is 1.35. The van der Waals surface area contributed by atoms with Crippen LogP contribution in [0.5, 0.6) is 0 Å². The molecule has 0 saturated heterocycles. The molecule has 0 saturated carbocycles. The van der Waals surface area contributed by atoms with Gasteiger partial charge in [-0.2, -0.15) is 0 Å². The molecule has 128 valence electrons. The number of aryl methyl sites for hydroxylation is 2. The summed E-state index contributed by atoms with van der Waals surface area (Å²) in [4.78, 5) is 22.6. The van der Waals surface area contributed by atoms with Crippen molar-refractivity contribution in [2.45, 2.75) is 33.6 Å². The third-order valence-electron chi connectivity index (χ3n) is 3.64.